The van der Waals surface area contributed by atoms with Gasteiger partial charge in [-0.1, -0.05) is 63.2 Å². The summed E-state index contributed by atoms with van der Waals surface area (Å²) in [5.41, 5.74) is 1.32. The third-order valence-electron chi connectivity index (χ3n) is 3.35. The van der Waals surface area contributed by atoms with Gasteiger partial charge >= 0.3 is 0 Å². The largest absolute Gasteiger partial charge is 0.388 e. The van der Waals surface area contributed by atoms with Crippen LogP contribution in [0.3, 0.4) is 0 Å². The van der Waals surface area contributed by atoms with Gasteiger partial charge in [-0.2, -0.15) is 0 Å². The highest BCUT2D eigenvalue weighted by Crippen LogP contribution is 2.30. The fraction of sp³-hybridized carbons (Fsp3) is 0.412. The first-order valence-corrected chi connectivity index (χ1v) is 6.63. The average molecular weight is 242 g/mol. The molecule has 0 radical (unpaired) electrons. The maximum atomic E-state index is 10.4. The van der Waals surface area contributed by atoms with Gasteiger partial charge in [-0.15, -0.1) is 0 Å². The number of hydrogen-bond donors (Lipinski definition) is 1. The van der Waals surface area contributed by atoms with Crippen molar-refractivity contribution in [2.24, 2.45) is 5.41 Å². The van der Waals surface area contributed by atoms with Crippen LogP contribution >= 0.6 is 0 Å². The molecule has 1 heteroatoms. The number of hydrogen-bond acceptors (Lipinski definition) is 1. The van der Waals surface area contributed by atoms with Gasteiger partial charge in [-0.05, 0) is 34.6 Å². The molecule has 0 aliphatic heterocycles. The number of rotatable bonds is 3. The van der Waals surface area contributed by atoms with Gasteiger partial charge in [0, 0.05) is 0 Å². The second-order valence-electron chi connectivity index (χ2n) is 6.18. The third kappa shape index (κ3) is 3.11. The van der Waals surface area contributed by atoms with Gasteiger partial charge in [0.25, 0.3) is 0 Å². The Morgan fingerprint density at radius 2 is 1.67 bits per heavy atom. The Hall–Kier alpha value is -1.34. The van der Waals surface area contributed by atoms with Gasteiger partial charge in [-0.3, -0.25) is 0 Å². The summed E-state index contributed by atoms with van der Waals surface area (Å²) in [5, 5.41) is 12.7. The van der Waals surface area contributed by atoms with E-state index in [2.05, 4.69) is 39.0 Å². The molecular weight excluding hydrogens is 220 g/mol. The normalized spacial score (nSPS) is 13.8. The Balaban J connectivity index is 2.25. The topological polar surface area (TPSA) is 20.2 Å². The lowest BCUT2D eigenvalue weighted by Crippen LogP contribution is -2.08. The van der Waals surface area contributed by atoms with Crippen LogP contribution in [0, 0.1) is 5.41 Å². The minimum atomic E-state index is -0.365. The lowest BCUT2D eigenvalue weighted by Gasteiger charge is -2.21. The number of fused-ring (bicyclic) bond motifs is 1. The van der Waals surface area contributed by atoms with Crippen molar-refractivity contribution in [2.75, 3.05) is 0 Å². The first kappa shape index (κ1) is 13.1. The van der Waals surface area contributed by atoms with Crippen molar-refractivity contribution in [2.45, 2.75) is 39.7 Å². The molecule has 0 bridgehead atoms. The summed E-state index contributed by atoms with van der Waals surface area (Å²) in [4.78, 5) is 0. The molecule has 0 fully saturated rings. The maximum absolute atomic E-state index is 10.4. The summed E-state index contributed by atoms with van der Waals surface area (Å²) >= 11 is 0. The molecular formula is C17H22O. The van der Waals surface area contributed by atoms with Crippen LogP contribution in [0.1, 0.15) is 45.3 Å². The van der Waals surface area contributed by atoms with E-state index in [1.165, 1.54) is 10.8 Å². The number of benzene rings is 2. The third-order valence-corrected chi connectivity index (χ3v) is 3.35. The van der Waals surface area contributed by atoms with Gasteiger partial charge in [0.15, 0.2) is 0 Å². The van der Waals surface area contributed by atoms with Crippen LogP contribution in [0.4, 0.5) is 0 Å². The predicted molar refractivity (Wildman–Crippen MR) is 77.6 cm³/mol. The van der Waals surface area contributed by atoms with Crippen LogP contribution in [-0.2, 0) is 0 Å². The van der Waals surface area contributed by atoms with Crippen molar-refractivity contribution in [3.63, 3.8) is 0 Å². The summed E-state index contributed by atoms with van der Waals surface area (Å²) in [5.74, 6) is 0. The summed E-state index contributed by atoms with van der Waals surface area (Å²) in [6, 6.07) is 14.4. The van der Waals surface area contributed by atoms with Crippen LogP contribution in [0.25, 0.3) is 10.8 Å². The van der Waals surface area contributed by atoms with Crippen molar-refractivity contribution in [3.05, 3.63) is 48.0 Å². The number of aliphatic hydroxyl groups excluding tert-OH is 1. The van der Waals surface area contributed by atoms with Crippen molar-refractivity contribution < 1.29 is 5.11 Å². The van der Waals surface area contributed by atoms with E-state index >= 15 is 0 Å². The van der Waals surface area contributed by atoms with Crippen LogP contribution < -0.4 is 0 Å². The first-order chi connectivity index (χ1) is 8.47. The van der Waals surface area contributed by atoms with Crippen molar-refractivity contribution >= 4 is 10.8 Å². The fourth-order valence-electron chi connectivity index (χ4n) is 2.27. The fourth-order valence-corrected chi connectivity index (χ4v) is 2.27. The zero-order chi connectivity index (χ0) is 13.2. The Morgan fingerprint density at radius 1 is 1.00 bits per heavy atom. The molecule has 2 rings (SSSR count). The van der Waals surface area contributed by atoms with Gasteiger partial charge in [0.2, 0.25) is 0 Å². The highest BCUT2D eigenvalue weighted by atomic mass is 16.3. The summed E-state index contributed by atoms with van der Waals surface area (Å²) in [6.45, 7) is 6.63. The molecule has 2 aromatic carbocycles. The first-order valence-electron chi connectivity index (χ1n) is 6.63. The molecule has 0 saturated heterocycles. The SMILES string of the molecule is CC(C)(C)CCC(O)c1cccc2ccccc12. The Kier molecular flexibility index (Phi) is 3.72. The molecule has 18 heavy (non-hydrogen) atoms. The van der Waals surface area contributed by atoms with Crippen LogP contribution in [-0.4, -0.2) is 5.11 Å². The van der Waals surface area contributed by atoms with E-state index in [9.17, 15) is 5.11 Å². The Labute approximate surface area is 109 Å². The van der Waals surface area contributed by atoms with E-state index < -0.39 is 0 Å². The zero-order valence-corrected chi connectivity index (χ0v) is 11.5. The molecule has 0 aromatic heterocycles. The molecule has 96 valence electrons. The average Bonchev–Trinajstić information content (AvgIpc) is 2.34. The van der Waals surface area contributed by atoms with E-state index in [1.54, 1.807) is 0 Å². The summed E-state index contributed by atoms with van der Waals surface area (Å²) in [6.07, 6.45) is 1.48. The molecule has 0 spiro atoms. The van der Waals surface area contributed by atoms with E-state index in [0.29, 0.717) is 0 Å². The van der Waals surface area contributed by atoms with E-state index in [1.807, 2.05) is 24.3 Å². The Morgan fingerprint density at radius 3 is 2.39 bits per heavy atom. The quantitative estimate of drug-likeness (QED) is 0.827. The van der Waals surface area contributed by atoms with Crippen LogP contribution in [0.15, 0.2) is 42.5 Å². The van der Waals surface area contributed by atoms with Crippen molar-refractivity contribution in [3.8, 4) is 0 Å². The Bertz CT molecular complexity index is 517. The molecule has 1 N–H and O–H groups in total. The highest BCUT2D eigenvalue weighted by molar-refractivity contribution is 5.85. The van der Waals surface area contributed by atoms with Crippen LogP contribution in [0.5, 0.6) is 0 Å². The maximum Gasteiger partial charge on any atom is 0.0796 e. The lowest BCUT2D eigenvalue weighted by molar-refractivity contribution is 0.149. The van der Waals surface area contributed by atoms with Gasteiger partial charge in [-0.25, -0.2) is 0 Å². The minimum Gasteiger partial charge on any atom is -0.388 e. The van der Waals surface area contributed by atoms with E-state index in [4.69, 9.17) is 0 Å². The summed E-state index contributed by atoms with van der Waals surface area (Å²) in [7, 11) is 0. The molecule has 0 saturated carbocycles. The lowest BCUT2D eigenvalue weighted by atomic mass is 9.87. The minimum absolute atomic E-state index is 0.269. The second-order valence-corrected chi connectivity index (χ2v) is 6.18. The molecule has 0 heterocycles. The standard InChI is InChI=1S/C17H22O/c1-17(2,3)12-11-16(18)15-10-6-8-13-7-4-5-9-14(13)15/h4-10,16,18H,11-12H2,1-3H3. The monoisotopic (exact) mass is 242 g/mol. The summed E-state index contributed by atoms with van der Waals surface area (Å²) < 4.78 is 0. The van der Waals surface area contributed by atoms with E-state index in [0.717, 1.165) is 18.4 Å². The smallest absolute Gasteiger partial charge is 0.0796 e. The molecule has 1 atom stereocenters. The second kappa shape index (κ2) is 5.11. The molecule has 0 aliphatic carbocycles. The van der Waals surface area contributed by atoms with E-state index in [-0.39, 0.29) is 11.5 Å². The zero-order valence-electron chi connectivity index (χ0n) is 11.5. The van der Waals surface area contributed by atoms with Crippen LogP contribution in [0.2, 0.25) is 0 Å². The number of aliphatic hydroxyl groups is 1. The molecule has 0 amide bonds. The van der Waals surface area contributed by atoms with Crippen molar-refractivity contribution in [1.29, 1.82) is 0 Å². The molecule has 2 aromatic rings. The molecule has 1 unspecified atom stereocenters. The van der Waals surface area contributed by atoms with Gasteiger partial charge in [0.1, 0.15) is 0 Å². The molecule has 1 nitrogen and oxygen atoms in total. The highest BCUT2D eigenvalue weighted by Gasteiger charge is 2.16. The van der Waals surface area contributed by atoms with Gasteiger partial charge in [0.05, 0.1) is 6.10 Å². The van der Waals surface area contributed by atoms with Gasteiger partial charge < -0.3 is 5.11 Å². The molecule has 0 aliphatic rings. The predicted octanol–water partition coefficient (Wildman–Crippen LogP) is 4.70. The van der Waals surface area contributed by atoms with Crippen molar-refractivity contribution in [1.82, 2.24) is 0 Å².